The molecule has 10 nitrogen and oxygen atoms in total. The summed E-state index contributed by atoms with van der Waals surface area (Å²) in [7, 11) is 0. The fourth-order valence-corrected chi connectivity index (χ4v) is 3.31. The zero-order valence-corrected chi connectivity index (χ0v) is 17.1. The Balaban J connectivity index is 1.35. The number of hydrogen-bond donors (Lipinski definition) is 3. The normalized spacial score (nSPS) is 13.9. The SMILES string of the molecule is O=C(NNC(=O)c1cccc([N+](=O)[O-])c1)c1cccc(NC(=O)C2Cc3ccccc3O2)c1. The Bertz CT molecular complexity index is 1230. The minimum absolute atomic E-state index is 0.0167. The first-order valence-corrected chi connectivity index (χ1v) is 9.91. The lowest BCUT2D eigenvalue weighted by molar-refractivity contribution is -0.384. The molecule has 166 valence electrons. The van der Waals surface area contributed by atoms with Crippen LogP contribution in [0, 0.1) is 10.1 Å². The number of benzene rings is 3. The van der Waals surface area contributed by atoms with E-state index in [1.165, 1.54) is 30.3 Å². The van der Waals surface area contributed by atoms with Crippen LogP contribution in [-0.2, 0) is 11.2 Å². The smallest absolute Gasteiger partial charge is 0.270 e. The van der Waals surface area contributed by atoms with Gasteiger partial charge in [-0.3, -0.25) is 35.3 Å². The number of carbonyl (C=O) groups is 3. The number of non-ortho nitro benzene ring substituents is 1. The van der Waals surface area contributed by atoms with Gasteiger partial charge >= 0.3 is 0 Å². The van der Waals surface area contributed by atoms with Gasteiger partial charge in [0, 0.05) is 35.4 Å². The van der Waals surface area contributed by atoms with Crippen LogP contribution in [0.1, 0.15) is 26.3 Å². The molecule has 3 aromatic rings. The molecule has 0 aliphatic carbocycles. The van der Waals surface area contributed by atoms with Crippen molar-refractivity contribution in [2.75, 3.05) is 5.32 Å². The van der Waals surface area contributed by atoms with E-state index in [0.717, 1.165) is 11.6 Å². The van der Waals surface area contributed by atoms with E-state index in [0.29, 0.717) is 17.9 Å². The summed E-state index contributed by atoms with van der Waals surface area (Å²) >= 11 is 0. The van der Waals surface area contributed by atoms with Crippen LogP contribution in [0.15, 0.2) is 72.8 Å². The van der Waals surface area contributed by atoms with E-state index in [1.54, 1.807) is 18.2 Å². The second kappa shape index (κ2) is 9.18. The summed E-state index contributed by atoms with van der Waals surface area (Å²) in [5.41, 5.74) is 5.75. The van der Waals surface area contributed by atoms with Gasteiger partial charge in [-0.1, -0.05) is 30.3 Å². The third-order valence-corrected chi connectivity index (χ3v) is 4.94. The summed E-state index contributed by atoms with van der Waals surface area (Å²) in [6.07, 6.45) is -0.222. The molecule has 3 amide bonds. The third-order valence-electron chi connectivity index (χ3n) is 4.94. The van der Waals surface area contributed by atoms with Crippen LogP contribution in [0.4, 0.5) is 11.4 Å². The van der Waals surface area contributed by atoms with E-state index in [2.05, 4.69) is 16.2 Å². The molecular formula is C23H18N4O6. The highest BCUT2D eigenvalue weighted by molar-refractivity contribution is 6.01. The van der Waals surface area contributed by atoms with Gasteiger partial charge in [-0.05, 0) is 35.9 Å². The van der Waals surface area contributed by atoms with Crippen molar-refractivity contribution in [1.82, 2.24) is 10.9 Å². The molecule has 0 spiro atoms. The topological polar surface area (TPSA) is 140 Å². The highest BCUT2D eigenvalue weighted by Crippen LogP contribution is 2.28. The molecule has 0 saturated heterocycles. The van der Waals surface area contributed by atoms with Crippen LogP contribution in [0.2, 0.25) is 0 Å². The molecular weight excluding hydrogens is 428 g/mol. The number of amides is 3. The lowest BCUT2D eigenvalue weighted by Crippen LogP contribution is -2.41. The monoisotopic (exact) mass is 446 g/mol. The Morgan fingerprint density at radius 3 is 2.24 bits per heavy atom. The van der Waals surface area contributed by atoms with Crippen LogP contribution >= 0.6 is 0 Å². The van der Waals surface area contributed by atoms with Gasteiger partial charge in [0.05, 0.1) is 4.92 Å². The lowest BCUT2D eigenvalue weighted by Gasteiger charge is -2.12. The number of carbonyl (C=O) groups excluding carboxylic acids is 3. The van der Waals surface area contributed by atoms with Crippen LogP contribution in [0.5, 0.6) is 5.75 Å². The minimum atomic E-state index is -0.713. The maximum atomic E-state index is 12.6. The Kier molecular flexibility index (Phi) is 5.98. The van der Waals surface area contributed by atoms with Gasteiger partial charge in [-0.25, -0.2) is 0 Å². The van der Waals surface area contributed by atoms with Gasteiger partial charge in [-0.2, -0.15) is 0 Å². The Labute approximate surface area is 187 Å². The molecule has 4 rings (SSSR count). The second-order valence-corrected chi connectivity index (χ2v) is 7.20. The van der Waals surface area contributed by atoms with Crippen LogP contribution in [0.25, 0.3) is 0 Å². The summed E-state index contributed by atoms with van der Waals surface area (Å²) in [6, 6.07) is 18.7. The molecule has 3 N–H and O–H groups in total. The highest BCUT2D eigenvalue weighted by atomic mass is 16.6. The maximum absolute atomic E-state index is 12.6. The van der Waals surface area contributed by atoms with E-state index in [-0.39, 0.29) is 22.7 Å². The largest absolute Gasteiger partial charge is 0.480 e. The predicted octanol–water partition coefficient (Wildman–Crippen LogP) is 2.61. The van der Waals surface area contributed by atoms with E-state index in [1.807, 2.05) is 18.2 Å². The van der Waals surface area contributed by atoms with Crippen LogP contribution in [0.3, 0.4) is 0 Å². The van der Waals surface area contributed by atoms with Crippen LogP contribution < -0.4 is 20.9 Å². The number of para-hydroxylation sites is 1. The average Bonchev–Trinajstić information content (AvgIpc) is 3.27. The number of anilines is 1. The number of nitro groups is 1. The number of hydrazine groups is 1. The first-order valence-electron chi connectivity index (χ1n) is 9.91. The Morgan fingerprint density at radius 1 is 0.879 bits per heavy atom. The first kappa shape index (κ1) is 21.5. The molecule has 1 aliphatic heterocycles. The summed E-state index contributed by atoms with van der Waals surface area (Å²) in [4.78, 5) is 47.4. The molecule has 1 unspecified atom stereocenters. The lowest BCUT2D eigenvalue weighted by atomic mass is 10.1. The summed E-state index contributed by atoms with van der Waals surface area (Å²) in [5.74, 6) is -1.02. The zero-order valence-electron chi connectivity index (χ0n) is 17.1. The summed E-state index contributed by atoms with van der Waals surface area (Å²) in [6.45, 7) is 0. The number of nitrogens with zero attached hydrogens (tertiary/aromatic N) is 1. The molecule has 0 bridgehead atoms. The predicted molar refractivity (Wildman–Crippen MR) is 118 cm³/mol. The van der Waals surface area contributed by atoms with Crippen molar-refractivity contribution in [3.63, 3.8) is 0 Å². The standard InChI is InChI=1S/C23H18N4O6/c28-21(25-26-22(29)16-7-4-9-18(12-16)27(31)32)15-6-3-8-17(11-15)24-23(30)20-13-14-5-1-2-10-19(14)33-20/h1-12,20H,13H2,(H,24,30)(H,25,28)(H,26,29). The number of rotatable bonds is 5. The van der Waals surface area contributed by atoms with Gasteiger partial charge in [0.15, 0.2) is 6.10 Å². The first-order chi connectivity index (χ1) is 15.9. The van der Waals surface area contributed by atoms with Crippen molar-refractivity contribution in [2.24, 2.45) is 0 Å². The Hall–Kier alpha value is -4.73. The molecule has 0 radical (unpaired) electrons. The van der Waals surface area contributed by atoms with Crippen molar-refractivity contribution < 1.29 is 24.0 Å². The third kappa shape index (κ3) is 4.96. The Morgan fingerprint density at radius 2 is 1.55 bits per heavy atom. The fourth-order valence-electron chi connectivity index (χ4n) is 3.31. The number of nitro benzene ring substituents is 1. The maximum Gasteiger partial charge on any atom is 0.270 e. The summed E-state index contributed by atoms with van der Waals surface area (Å²) in [5, 5.41) is 13.6. The van der Waals surface area contributed by atoms with Gasteiger partial charge in [0.1, 0.15) is 5.75 Å². The molecule has 0 saturated carbocycles. The quantitative estimate of drug-likeness (QED) is 0.407. The molecule has 10 heteroatoms. The molecule has 33 heavy (non-hydrogen) atoms. The van der Waals surface area contributed by atoms with E-state index in [9.17, 15) is 24.5 Å². The van der Waals surface area contributed by atoms with Crippen molar-refractivity contribution in [2.45, 2.75) is 12.5 Å². The van der Waals surface area contributed by atoms with Gasteiger partial charge in [-0.15, -0.1) is 0 Å². The van der Waals surface area contributed by atoms with Gasteiger partial charge in [0.2, 0.25) is 0 Å². The zero-order chi connectivity index (χ0) is 23.4. The van der Waals surface area contributed by atoms with Crippen LogP contribution in [-0.4, -0.2) is 28.7 Å². The van der Waals surface area contributed by atoms with Gasteiger partial charge < -0.3 is 10.1 Å². The number of ether oxygens (including phenoxy) is 1. The number of fused-ring (bicyclic) bond motifs is 1. The minimum Gasteiger partial charge on any atom is -0.480 e. The van der Waals surface area contributed by atoms with Crippen molar-refractivity contribution in [3.8, 4) is 5.75 Å². The van der Waals surface area contributed by atoms with E-state index >= 15 is 0 Å². The second-order valence-electron chi connectivity index (χ2n) is 7.20. The molecule has 0 aromatic heterocycles. The number of hydrogen-bond acceptors (Lipinski definition) is 6. The van der Waals surface area contributed by atoms with Crippen molar-refractivity contribution in [3.05, 3.63) is 99.6 Å². The van der Waals surface area contributed by atoms with E-state index in [4.69, 9.17) is 4.74 Å². The molecule has 0 fully saturated rings. The molecule has 1 atom stereocenters. The average molecular weight is 446 g/mol. The van der Waals surface area contributed by atoms with Crippen molar-refractivity contribution >= 4 is 29.1 Å². The summed E-state index contributed by atoms with van der Waals surface area (Å²) < 4.78 is 5.67. The molecule has 1 aliphatic rings. The van der Waals surface area contributed by atoms with Gasteiger partial charge in [0.25, 0.3) is 23.4 Å². The molecule has 3 aromatic carbocycles. The van der Waals surface area contributed by atoms with Crippen molar-refractivity contribution in [1.29, 1.82) is 0 Å². The molecule has 1 heterocycles. The fraction of sp³-hybridized carbons (Fsp3) is 0.0870. The highest BCUT2D eigenvalue weighted by Gasteiger charge is 2.28. The number of nitrogens with one attached hydrogen (secondary N) is 3. The van der Waals surface area contributed by atoms with E-state index < -0.39 is 22.8 Å².